The van der Waals surface area contributed by atoms with E-state index in [1.807, 2.05) is 30.3 Å². The molecule has 0 unspecified atom stereocenters. The van der Waals surface area contributed by atoms with Gasteiger partial charge in [-0.25, -0.2) is 4.79 Å². The second kappa shape index (κ2) is 5.04. The van der Waals surface area contributed by atoms with Gasteiger partial charge in [0.25, 0.3) is 5.56 Å². The van der Waals surface area contributed by atoms with Gasteiger partial charge in [0.05, 0.1) is 6.21 Å². The maximum absolute atomic E-state index is 11.7. The standard InChI is InChI=1S/C14H10N4O3/c19-12-10(13(20)17-14(21)16-12)6-9-7-15-18-11(9)8-4-2-1-3-5-8/h1-7H,(H3,16,17,19,20,21). The van der Waals surface area contributed by atoms with Crippen LogP contribution >= 0.6 is 0 Å². The Morgan fingerprint density at radius 3 is 2.57 bits per heavy atom. The largest absolute Gasteiger partial charge is 0.494 e. The molecule has 0 radical (unpaired) electrons. The van der Waals surface area contributed by atoms with Crippen molar-refractivity contribution in [3.8, 4) is 5.88 Å². The molecule has 1 aliphatic heterocycles. The zero-order chi connectivity index (χ0) is 14.8. The third kappa shape index (κ3) is 2.44. The zero-order valence-electron chi connectivity index (χ0n) is 10.7. The quantitative estimate of drug-likeness (QED) is 0.751. The van der Waals surface area contributed by atoms with Gasteiger partial charge in [-0.2, -0.15) is 5.10 Å². The van der Waals surface area contributed by atoms with Crippen molar-refractivity contribution in [2.75, 3.05) is 0 Å². The van der Waals surface area contributed by atoms with Crippen LogP contribution in [0.25, 0.3) is 6.08 Å². The minimum absolute atomic E-state index is 0.0541. The number of nitrogens with one attached hydrogen (secondary N) is 2. The van der Waals surface area contributed by atoms with E-state index in [9.17, 15) is 14.7 Å². The van der Waals surface area contributed by atoms with Gasteiger partial charge in [-0.1, -0.05) is 30.3 Å². The molecule has 0 fully saturated rings. The van der Waals surface area contributed by atoms with E-state index < -0.39 is 17.1 Å². The lowest BCUT2D eigenvalue weighted by Crippen LogP contribution is -2.23. The lowest BCUT2D eigenvalue weighted by molar-refractivity contribution is 0.447. The molecule has 2 aromatic rings. The Balaban J connectivity index is 2.09. The van der Waals surface area contributed by atoms with E-state index in [2.05, 4.69) is 20.2 Å². The molecule has 7 nitrogen and oxygen atoms in total. The smallest absolute Gasteiger partial charge is 0.328 e. The summed E-state index contributed by atoms with van der Waals surface area (Å²) in [5.74, 6) is -0.496. The van der Waals surface area contributed by atoms with Gasteiger partial charge in [-0.15, -0.1) is 5.10 Å². The molecule has 1 aromatic heterocycles. The third-order valence-electron chi connectivity index (χ3n) is 2.93. The fourth-order valence-corrected chi connectivity index (χ4v) is 1.97. The summed E-state index contributed by atoms with van der Waals surface area (Å²) >= 11 is 0. The van der Waals surface area contributed by atoms with E-state index in [-0.39, 0.29) is 5.56 Å². The fraction of sp³-hybridized carbons (Fsp3) is 0. The van der Waals surface area contributed by atoms with Gasteiger partial charge in [0.1, 0.15) is 11.3 Å². The van der Waals surface area contributed by atoms with Gasteiger partial charge in [-0.05, 0) is 6.08 Å². The molecule has 1 aromatic carbocycles. The first-order chi connectivity index (χ1) is 10.1. The van der Waals surface area contributed by atoms with Crippen molar-refractivity contribution in [2.45, 2.75) is 0 Å². The van der Waals surface area contributed by atoms with Crippen molar-refractivity contribution >= 4 is 18.0 Å². The molecule has 0 atom stereocenters. The Morgan fingerprint density at radius 1 is 1.10 bits per heavy atom. The number of H-pyrrole nitrogens is 2. The van der Waals surface area contributed by atoms with Crippen molar-refractivity contribution in [2.24, 2.45) is 10.2 Å². The van der Waals surface area contributed by atoms with Crippen LogP contribution in [0, 0.1) is 0 Å². The Morgan fingerprint density at radius 2 is 1.86 bits per heavy atom. The molecule has 1 aliphatic rings. The van der Waals surface area contributed by atoms with E-state index in [1.54, 1.807) is 0 Å². The maximum Gasteiger partial charge on any atom is 0.328 e. The first-order valence-electron chi connectivity index (χ1n) is 6.09. The maximum atomic E-state index is 11.7. The van der Waals surface area contributed by atoms with Crippen LogP contribution in [0.5, 0.6) is 5.88 Å². The molecule has 21 heavy (non-hydrogen) atoms. The van der Waals surface area contributed by atoms with Crippen molar-refractivity contribution in [1.29, 1.82) is 0 Å². The summed E-state index contributed by atoms with van der Waals surface area (Å²) in [6.45, 7) is 0. The molecule has 3 rings (SSSR count). The summed E-state index contributed by atoms with van der Waals surface area (Å²) in [5, 5.41) is 17.5. The lowest BCUT2D eigenvalue weighted by Gasteiger charge is -2.02. The molecule has 0 saturated heterocycles. The number of allylic oxidation sites excluding steroid dienone is 1. The third-order valence-corrected chi connectivity index (χ3v) is 2.93. The lowest BCUT2D eigenvalue weighted by atomic mass is 10.0. The molecule has 0 spiro atoms. The summed E-state index contributed by atoms with van der Waals surface area (Å²) in [6.07, 6.45) is 2.90. The first kappa shape index (κ1) is 12.8. The molecule has 104 valence electrons. The normalized spacial score (nSPS) is 15.4. The fourth-order valence-electron chi connectivity index (χ4n) is 1.97. The van der Waals surface area contributed by atoms with Gasteiger partial charge >= 0.3 is 5.69 Å². The first-order valence-corrected chi connectivity index (χ1v) is 6.09. The van der Waals surface area contributed by atoms with Gasteiger partial charge in [0.15, 0.2) is 0 Å². The van der Waals surface area contributed by atoms with Gasteiger partial charge in [0, 0.05) is 11.1 Å². The van der Waals surface area contributed by atoms with Crippen LogP contribution in [0.4, 0.5) is 0 Å². The molecule has 0 amide bonds. The average molecular weight is 282 g/mol. The average Bonchev–Trinajstić information content (AvgIpc) is 2.92. The summed E-state index contributed by atoms with van der Waals surface area (Å²) in [4.78, 5) is 26.9. The predicted octanol–water partition coefficient (Wildman–Crippen LogP) is 0.641. The summed E-state index contributed by atoms with van der Waals surface area (Å²) in [6, 6.07) is 9.31. The van der Waals surface area contributed by atoms with E-state index >= 15 is 0 Å². The molecule has 2 heterocycles. The SMILES string of the molecule is O=c1[nH]c(O)c(C=C2C=NN=C2c2ccccc2)c(=O)[nH]1. The molecule has 0 saturated carbocycles. The number of benzene rings is 1. The molecular formula is C14H10N4O3. The van der Waals surface area contributed by atoms with Crippen LogP contribution in [0.3, 0.4) is 0 Å². The minimum atomic E-state index is -0.767. The Bertz CT molecular complexity index is 888. The van der Waals surface area contributed by atoms with Gasteiger partial charge in [0.2, 0.25) is 5.88 Å². The highest BCUT2D eigenvalue weighted by Crippen LogP contribution is 2.17. The monoisotopic (exact) mass is 282 g/mol. The Labute approximate surface area is 118 Å². The van der Waals surface area contributed by atoms with E-state index in [0.29, 0.717) is 11.3 Å². The van der Waals surface area contributed by atoms with Crippen molar-refractivity contribution in [3.63, 3.8) is 0 Å². The van der Waals surface area contributed by atoms with Crippen LogP contribution in [0.15, 0.2) is 55.7 Å². The molecule has 7 heteroatoms. The van der Waals surface area contributed by atoms with Gasteiger partial charge < -0.3 is 5.11 Å². The minimum Gasteiger partial charge on any atom is -0.494 e. The predicted molar refractivity (Wildman–Crippen MR) is 78.8 cm³/mol. The van der Waals surface area contributed by atoms with E-state index in [1.165, 1.54) is 12.3 Å². The number of hydrogen-bond acceptors (Lipinski definition) is 5. The molecule has 3 N–H and O–H groups in total. The highest BCUT2D eigenvalue weighted by atomic mass is 16.3. The summed E-state index contributed by atoms with van der Waals surface area (Å²) in [7, 11) is 0. The van der Waals surface area contributed by atoms with Crippen LogP contribution in [0.1, 0.15) is 11.1 Å². The van der Waals surface area contributed by atoms with Crippen LogP contribution in [-0.2, 0) is 0 Å². The second-order valence-electron chi connectivity index (χ2n) is 4.33. The highest BCUT2D eigenvalue weighted by Gasteiger charge is 2.15. The summed E-state index contributed by atoms with van der Waals surface area (Å²) < 4.78 is 0. The summed E-state index contributed by atoms with van der Waals surface area (Å²) in [5.41, 5.74) is 0.478. The topological polar surface area (TPSA) is 111 Å². The van der Waals surface area contributed by atoms with Crippen LogP contribution < -0.4 is 11.2 Å². The number of aromatic nitrogens is 2. The number of aromatic hydroxyl groups is 1. The molecule has 0 aliphatic carbocycles. The Hall–Kier alpha value is -3.22. The van der Waals surface area contributed by atoms with Crippen molar-refractivity contribution < 1.29 is 5.11 Å². The Kier molecular flexibility index (Phi) is 3.07. The van der Waals surface area contributed by atoms with Crippen LogP contribution in [0.2, 0.25) is 0 Å². The van der Waals surface area contributed by atoms with Crippen molar-refractivity contribution in [3.05, 3.63) is 67.9 Å². The number of aromatic amines is 2. The molecular weight excluding hydrogens is 272 g/mol. The zero-order valence-corrected chi connectivity index (χ0v) is 10.7. The van der Waals surface area contributed by atoms with E-state index in [4.69, 9.17) is 0 Å². The number of hydrogen-bond donors (Lipinski definition) is 3. The number of rotatable bonds is 2. The second-order valence-corrected chi connectivity index (χ2v) is 4.33. The van der Waals surface area contributed by atoms with Crippen LogP contribution in [-0.4, -0.2) is 27.0 Å². The number of nitrogens with zero attached hydrogens (tertiary/aromatic N) is 2. The van der Waals surface area contributed by atoms with E-state index in [0.717, 1.165) is 5.56 Å². The highest BCUT2D eigenvalue weighted by molar-refractivity contribution is 6.28. The van der Waals surface area contributed by atoms with Gasteiger partial charge in [-0.3, -0.25) is 14.8 Å². The van der Waals surface area contributed by atoms with Crippen molar-refractivity contribution in [1.82, 2.24) is 9.97 Å². The molecule has 0 bridgehead atoms.